The summed E-state index contributed by atoms with van der Waals surface area (Å²) in [5.74, 6) is 1.03. The summed E-state index contributed by atoms with van der Waals surface area (Å²) in [7, 11) is 0. The second kappa shape index (κ2) is 7.80. The highest BCUT2D eigenvalue weighted by Gasteiger charge is 2.01. The normalized spacial score (nSPS) is 10.8. The molecule has 2 nitrogen and oxygen atoms in total. The molecule has 0 amide bonds. The Morgan fingerprint density at radius 3 is 2.73 bits per heavy atom. The van der Waals surface area contributed by atoms with Gasteiger partial charge in [-0.3, -0.25) is 0 Å². The molecule has 15 heavy (non-hydrogen) atoms. The number of thiol groups is 1. The third kappa shape index (κ3) is 5.26. The fourth-order valence-corrected chi connectivity index (χ4v) is 1.94. The molecule has 0 atom stereocenters. The van der Waals surface area contributed by atoms with Crippen molar-refractivity contribution in [3.63, 3.8) is 0 Å². The van der Waals surface area contributed by atoms with E-state index in [1.165, 1.54) is 32.1 Å². The Morgan fingerprint density at radius 2 is 2.00 bits per heavy atom. The van der Waals surface area contributed by atoms with E-state index in [9.17, 15) is 0 Å². The van der Waals surface area contributed by atoms with Gasteiger partial charge in [0.15, 0.2) is 0 Å². The van der Waals surface area contributed by atoms with Gasteiger partial charge in [0, 0.05) is 0 Å². The van der Waals surface area contributed by atoms with Crippen molar-refractivity contribution < 1.29 is 4.57 Å². The molecule has 0 unspecified atom stereocenters. The molecule has 0 fully saturated rings. The predicted molar refractivity (Wildman–Crippen MR) is 67.2 cm³/mol. The van der Waals surface area contributed by atoms with E-state index in [1.54, 1.807) is 0 Å². The van der Waals surface area contributed by atoms with Crippen molar-refractivity contribution in [2.45, 2.75) is 52.1 Å². The van der Waals surface area contributed by atoms with Crippen LogP contribution >= 0.6 is 12.6 Å². The van der Waals surface area contributed by atoms with Gasteiger partial charge < -0.3 is 0 Å². The number of hydrogen-bond acceptors (Lipinski definition) is 1. The average Bonchev–Trinajstić information content (AvgIpc) is 2.66. The van der Waals surface area contributed by atoms with E-state index < -0.39 is 0 Å². The van der Waals surface area contributed by atoms with Gasteiger partial charge in [0.1, 0.15) is 12.4 Å². The SMILES string of the molecule is CCC[n+]1ccn(CCCCCCS)c1. The van der Waals surface area contributed by atoms with Gasteiger partial charge in [-0.1, -0.05) is 13.3 Å². The molecule has 0 radical (unpaired) electrons. The van der Waals surface area contributed by atoms with Crippen LogP contribution in [0.1, 0.15) is 39.0 Å². The Labute approximate surface area is 98.7 Å². The number of rotatable bonds is 8. The minimum atomic E-state index is 1.03. The molecule has 0 aromatic carbocycles. The van der Waals surface area contributed by atoms with Crippen molar-refractivity contribution in [1.82, 2.24) is 4.57 Å². The first kappa shape index (κ1) is 12.6. The molecular weight excluding hydrogens is 204 g/mol. The van der Waals surface area contributed by atoms with Gasteiger partial charge in [-0.25, -0.2) is 9.13 Å². The lowest BCUT2D eigenvalue weighted by Crippen LogP contribution is -2.30. The lowest BCUT2D eigenvalue weighted by atomic mass is 10.2. The molecule has 86 valence electrons. The Kier molecular flexibility index (Phi) is 6.57. The van der Waals surface area contributed by atoms with E-state index in [1.807, 2.05) is 0 Å². The Bertz CT molecular complexity index is 258. The second-order valence-corrected chi connectivity index (χ2v) is 4.47. The molecular formula is C12H23N2S+. The molecule has 1 aromatic rings. The predicted octanol–water partition coefficient (Wildman–Crippen LogP) is 2.68. The van der Waals surface area contributed by atoms with Crippen molar-refractivity contribution >= 4 is 12.6 Å². The highest BCUT2D eigenvalue weighted by atomic mass is 32.1. The first-order chi connectivity index (χ1) is 7.36. The number of hydrogen-bond donors (Lipinski definition) is 1. The molecule has 0 aliphatic heterocycles. The third-order valence-electron chi connectivity index (χ3n) is 2.55. The standard InChI is InChI=1S/C12H22N2S/c1-2-7-13-9-10-14(12-13)8-5-3-4-6-11-15/h9-10,12H,2-8,11H2,1H3/p+1. The Balaban J connectivity index is 2.14. The van der Waals surface area contributed by atoms with Crippen LogP contribution in [0.4, 0.5) is 0 Å². The smallest absolute Gasteiger partial charge is 0.237 e. The second-order valence-electron chi connectivity index (χ2n) is 4.03. The van der Waals surface area contributed by atoms with E-state index >= 15 is 0 Å². The Morgan fingerprint density at radius 1 is 1.20 bits per heavy atom. The minimum absolute atomic E-state index is 1.03. The van der Waals surface area contributed by atoms with Gasteiger partial charge in [-0.2, -0.15) is 12.6 Å². The van der Waals surface area contributed by atoms with Crippen LogP contribution < -0.4 is 4.57 Å². The summed E-state index contributed by atoms with van der Waals surface area (Å²) in [4.78, 5) is 0. The summed E-state index contributed by atoms with van der Waals surface area (Å²) in [5, 5.41) is 0. The maximum atomic E-state index is 4.21. The van der Waals surface area contributed by atoms with Crippen LogP contribution in [0.5, 0.6) is 0 Å². The fraction of sp³-hybridized carbons (Fsp3) is 0.750. The molecule has 0 spiro atoms. The van der Waals surface area contributed by atoms with Crippen LogP contribution in [0.15, 0.2) is 18.7 Å². The quantitative estimate of drug-likeness (QED) is 0.397. The molecule has 0 aliphatic rings. The summed E-state index contributed by atoms with van der Waals surface area (Å²) in [6, 6.07) is 0. The zero-order valence-corrected chi connectivity index (χ0v) is 10.6. The van der Waals surface area contributed by atoms with E-state index in [-0.39, 0.29) is 0 Å². The summed E-state index contributed by atoms with van der Waals surface area (Å²) >= 11 is 4.21. The number of aromatic nitrogens is 2. The zero-order valence-electron chi connectivity index (χ0n) is 9.73. The minimum Gasteiger partial charge on any atom is -0.237 e. The van der Waals surface area contributed by atoms with Crippen LogP contribution in [-0.2, 0) is 13.1 Å². The molecule has 1 aromatic heterocycles. The van der Waals surface area contributed by atoms with Crippen LogP contribution in [0.2, 0.25) is 0 Å². The topological polar surface area (TPSA) is 8.81 Å². The number of nitrogens with zero attached hydrogens (tertiary/aromatic N) is 2. The van der Waals surface area contributed by atoms with Crippen molar-refractivity contribution in [3.05, 3.63) is 18.7 Å². The summed E-state index contributed by atoms with van der Waals surface area (Å²) in [6.45, 7) is 4.50. The van der Waals surface area contributed by atoms with Gasteiger partial charge in [-0.15, -0.1) is 0 Å². The Hall–Kier alpha value is -0.440. The van der Waals surface area contributed by atoms with E-state index in [0.29, 0.717) is 0 Å². The van der Waals surface area contributed by atoms with E-state index in [2.05, 4.69) is 47.4 Å². The molecule has 0 aliphatic carbocycles. The molecule has 0 bridgehead atoms. The molecule has 0 saturated heterocycles. The fourth-order valence-electron chi connectivity index (χ4n) is 1.72. The van der Waals surface area contributed by atoms with Gasteiger partial charge in [0.25, 0.3) is 0 Å². The monoisotopic (exact) mass is 227 g/mol. The molecule has 1 heterocycles. The summed E-state index contributed by atoms with van der Waals surface area (Å²) < 4.78 is 4.55. The van der Waals surface area contributed by atoms with Gasteiger partial charge >= 0.3 is 0 Å². The molecule has 1 rings (SSSR count). The van der Waals surface area contributed by atoms with Gasteiger partial charge in [0.2, 0.25) is 6.33 Å². The van der Waals surface area contributed by atoms with Crippen molar-refractivity contribution in [2.75, 3.05) is 5.75 Å². The number of unbranched alkanes of at least 4 members (excludes halogenated alkanes) is 3. The maximum Gasteiger partial charge on any atom is 0.243 e. The highest BCUT2D eigenvalue weighted by molar-refractivity contribution is 7.80. The lowest BCUT2D eigenvalue weighted by molar-refractivity contribution is -0.696. The summed E-state index contributed by atoms with van der Waals surface area (Å²) in [6.07, 6.45) is 12.9. The largest absolute Gasteiger partial charge is 0.243 e. The van der Waals surface area contributed by atoms with Crippen molar-refractivity contribution in [2.24, 2.45) is 0 Å². The lowest BCUT2D eigenvalue weighted by Gasteiger charge is -1.97. The summed E-state index contributed by atoms with van der Waals surface area (Å²) in [5.41, 5.74) is 0. The first-order valence-corrected chi connectivity index (χ1v) is 6.65. The van der Waals surface area contributed by atoms with Crippen LogP contribution in [0.25, 0.3) is 0 Å². The van der Waals surface area contributed by atoms with Crippen molar-refractivity contribution in [1.29, 1.82) is 0 Å². The van der Waals surface area contributed by atoms with Crippen LogP contribution in [-0.4, -0.2) is 10.3 Å². The molecule has 0 saturated carbocycles. The number of imidazole rings is 1. The zero-order chi connectivity index (χ0) is 10.9. The number of aryl methyl sites for hydroxylation is 2. The van der Waals surface area contributed by atoms with E-state index in [4.69, 9.17) is 0 Å². The molecule has 3 heteroatoms. The van der Waals surface area contributed by atoms with E-state index in [0.717, 1.165) is 18.8 Å². The van der Waals surface area contributed by atoms with Crippen LogP contribution in [0.3, 0.4) is 0 Å². The van der Waals surface area contributed by atoms with Crippen LogP contribution in [0, 0.1) is 0 Å². The van der Waals surface area contributed by atoms with Crippen molar-refractivity contribution in [3.8, 4) is 0 Å². The van der Waals surface area contributed by atoms with Gasteiger partial charge in [-0.05, 0) is 31.4 Å². The maximum absolute atomic E-state index is 4.21. The van der Waals surface area contributed by atoms with Gasteiger partial charge in [0.05, 0.1) is 13.1 Å². The molecule has 0 N–H and O–H groups in total. The average molecular weight is 227 g/mol. The first-order valence-electron chi connectivity index (χ1n) is 6.02. The third-order valence-corrected chi connectivity index (χ3v) is 2.87. The highest BCUT2D eigenvalue weighted by Crippen LogP contribution is 2.02.